The van der Waals surface area contributed by atoms with Gasteiger partial charge in [0, 0.05) is 39.1 Å². The maximum atomic E-state index is 13.6. The number of morpholine rings is 1. The molecule has 0 radical (unpaired) electrons. The van der Waals surface area contributed by atoms with Crippen LogP contribution in [0.3, 0.4) is 0 Å². The maximum Gasteiger partial charge on any atom is 0.242 e. The molecule has 1 aromatic carbocycles. The van der Waals surface area contributed by atoms with Crippen molar-refractivity contribution in [2.75, 3.05) is 52.7 Å². The number of benzene rings is 1. The largest absolute Gasteiger partial charge is 0.464 e. The Labute approximate surface area is 212 Å². The molecule has 4 rings (SSSR count). The molecule has 36 heavy (non-hydrogen) atoms. The molecule has 2 amide bonds. The van der Waals surface area contributed by atoms with Crippen molar-refractivity contribution in [3.63, 3.8) is 0 Å². The Hall–Kier alpha value is -3.04. The average Bonchev–Trinajstić information content (AvgIpc) is 3.49. The Bertz CT molecular complexity index is 1030. The first-order valence-electron chi connectivity index (χ1n) is 12.7. The van der Waals surface area contributed by atoms with E-state index in [4.69, 9.17) is 18.6 Å². The smallest absolute Gasteiger partial charge is 0.242 e. The second-order valence-electron chi connectivity index (χ2n) is 9.82. The second kappa shape index (κ2) is 12.3. The van der Waals surface area contributed by atoms with E-state index in [9.17, 15) is 9.59 Å². The lowest BCUT2D eigenvalue weighted by molar-refractivity contribution is -0.142. The van der Waals surface area contributed by atoms with E-state index in [0.717, 1.165) is 31.0 Å². The lowest BCUT2D eigenvalue weighted by Crippen LogP contribution is -2.47. The minimum Gasteiger partial charge on any atom is -0.464 e. The van der Waals surface area contributed by atoms with Crippen LogP contribution < -0.4 is 9.47 Å². The molecule has 1 fully saturated rings. The first-order valence-corrected chi connectivity index (χ1v) is 12.7. The van der Waals surface area contributed by atoms with Gasteiger partial charge in [-0.15, -0.1) is 0 Å². The first-order chi connectivity index (χ1) is 17.4. The van der Waals surface area contributed by atoms with Crippen molar-refractivity contribution in [1.82, 2.24) is 14.7 Å². The summed E-state index contributed by atoms with van der Waals surface area (Å²) in [5, 5.41) is 0. The number of rotatable bonds is 11. The highest BCUT2D eigenvalue weighted by Crippen LogP contribution is 2.33. The molecule has 2 aliphatic heterocycles. The zero-order chi connectivity index (χ0) is 25.5. The van der Waals surface area contributed by atoms with Crippen molar-refractivity contribution in [2.45, 2.75) is 40.3 Å². The highest BCUT2D eigenvalue weighted by atomic mass is 16.7. The second-order valence-corrected chi connectivity index (χ2v) is 9.82. The summed E-state index contributed by atoms with van der Waals surface area (Å²) in [5.41, 5.74) is 0.921. The molecule has 1 aromatic heterocycles. The van der Waals surface area contributed by atoms with E-state index in [1.807, 2.05) is 51.1 Å². The number of fused-ring (bicyclic) bond motifs is 1. The van der Waals surface area contributed by atoms with E-state index >= 15 is 0 Å². The molecule has 0 atom stereocenters. The summed E-state index contributed by atoms with van der Waals surface area (Å²) in [4.78, 5) is 32.5. The van der Waals surface area contributed by atoms with Gasteiger partial charge in [0.2, 0.25) is 18.6 Å². The van der Waals surface area contributed by atoms with Crippen LogP contribution in [-0.2, 0) is 27.4 Å². The third kappa shape index (κ3) is 7.24. The fourth-order valence-corrected chi connectivity index (χ4v) is 4.37. The number of furan rings is 1. The lowest BCUT2D eigenvalue weighted by atomic mass is 10.1. The van der Waals surface area contributed by atoms with Gasteiger partial charge in [0.25, 0.3) is 0 Å². The van der Waals surface area contributed by atoms with E-state index < -0.39 is 0 Å². The monoisotopic (exact) mass is 499 g/mol. The van der Waals surface area contributed by atoms with Crippen molar-refractivity contribution in [3.05, 3.63) is 47.4 Å². The number of amides is 2. The number of hydrogen-bond acceptors (Lipinski definition) is 7. The number of hydrogen-bond donors (Lipinski definition) is 0. The van der Waals surface area contributed by atoms with Crippen LogP contribution in [0.4, 0.5) is 0 Å². The Kier molecular flexibility index (Phi) is 8.88. The van der Waals surface area contributed by atoms with Gasteiger partial charge >= 0.3 is 0 Å². The standard InChI is InChI=1S/C27H37N3O6/c1-20(2)14-26(31)29(9-8-28-10-12-33-13-11-28)18-27(32)30(17-23-6-4-21(3)36-23)16-22-5-7-24-25(15-22)35-19-34-24/h4-7,15,20H,8-14,16-19H2,1-3H3. The lowest BCUT2D eigenvalue weighted by Gasteiger charge is -2.31. The zero-order valence-electron chi connectivity index (χ0n) is 21.5. The molecule has 1 saturated heterocycles. The molecular weight excluding hydrogens is 462 g/mol. The molecule has 0 saturated carbocycles. The fraction of sp³-hybridized carbons (Fsp3) is 0.556. The molecule has 0 unspecified atom stereocenters. The van der Waals surface area contributed by atoms with E-state index in [2.05, 4.69) is 4.90 Å². The summed E-state index contributed by atoms with van der Waals surface area (Å²) in [6.45, 7) is 11.1. The van der Waals surface area contributed by atoms with Gasteiger partial charge < -0.3 is 28.4 Å². The van der Waals surface area contributed by atoms with Gasteiger partial charge in [0.15, 0.2) is 11.5 Å². The Morgan fingerprint density at radius 2 is 1.75 bits per heavy atom. The molecule has 0 N–H and O–H groups in total. The number of carbonyl (C=O) groups excluding carboxylic acids is 2. The van der Waals surface area contributed by atoms with Crippen molar-refractivity contribution in [2.24, 2.45) is 5.92 Å². The first kappa shape index (κ1) is 26.0. The summed E-state index contributed by atoms with van der Waals surface area (Å²) in [6.07, 6.45) is 0.413. The molecule has 0 spiro atoms. The predicted molar refractivity (Wildman–Crippen MR) is 134 cm³/mol. The number of aryl methyl sites for hydroxylation is 1. The van der Waals surface area contributed by atoms with Gasteiger partial charge in [0.05, 0.1) is 26.3 Å². The number of nitrogens with zero attached hydrogens (tertiary/aromatic N) is 3. The van der Waals surface area contributed by atoms with Gasteiger partial charge in [-0.1, -0.05) is 19.9 Å². The Morgan fingerprint density at radius 1 is 0.972 bits per heavy atom. The Balaban J connectivity index is 1.48. The molecule has 2 aromatic rings. The minimum atomic E-state index is -0.124. The van der Waals surface area contributed by atoms with Gasteiger partial charge in [-0.05, 0) is 42.7 Å². The van der Waals surface area contributed by atoms with E-state index in [-0.39, 0.29) is 31.1 Å². The molecule has 0 bridgehead atoms. The molecule has 2 aliphatic rings. The number of carbonyl (C=O) groups is 2. The summed E-state index contributed by atoms with van der Waals surface area (Å²) < 4.78 is 22.1. The molecule has 0 aliphatic carbocycles. The van der Waals surface area contributed by atoms with Gasteiger partial charge in [-0.2, -0.15) is 0 Å². The quantitative estimate of drug-likeness (QED) is 0.470. The molecular formula is C27H37N3O6. The average molecular weight is 500 g/mol. The van der Waals surface area contributed by atoms with Crippen molar-refractivity contribution in [3.8, 4) is 11.5 Å². The SMILES string of the molecule is Cc1ccc(CN(Cc2ccc3c(c2)OCO3)C(=O)CN(CCN2CCOCC2)C(=O)CC(C)C)o1. The third-order valence-corrected chi connectivity index (χ3v) is 6.36. The van der Waals surface area contributed by atoms with Crippen LogP contribution in [0.15, 0.2) is 34.7 Å². The van der Waals surface area contributed by atoms with Gasteiger partial charge in [-0.25, -0.2) is 0 Å². The van der Waals surface area contributed by atoms with E-state index in [1.54, 1.807) is 9.80 Å². The minimum absolute atomic E-state index is 0.00322. The van der Waals surface area contributed by atoms with Crippen LogP contribution in [0, 0.1) is 12.8 Å². The Morgan fingerprint density at radius 3 is 2.47 bits per heavy atom. The van der Waals surface area contributed by atoms with Crippen LogP contribution in [0.2, 0.25) is 0 Å². The van der Waals surface area contributed by atoms with E-state index in [1.165, 1.54) is 0 Å². The van der Waals surface area contributed by atoms with Crippen molar-refractivity contribution in [1.29, 1.82) is 0 Å². The van der Waals surface area contributed by atoms with Crippen LogP contribution in [0.1, 0.15) is 37.4 Å². The highest BCUT2D eigenvalue weighted by Gasteiger charge is 2.25. The summed E-state index contributed by atoms with van der Waals surface area (Å²) >= 11 is 0. The number of ether oxygens (including phenoxy) is 3. The molecule has 196 valence electrons. The van der Waals surface area contributed by atoms with Gasteiger partial charge in [-0.3, -0.25) is 14.5 Å². The summed E-state index contributed by atoms with van der Waals surface area (Å²) in [6, 6.07) is 9.46. The highest BCUT2D eigenvalue weighted by molar-refractivity contribution is 5.85. The van der Waals surface area contributed by atoms with Crippen molar-refractivity contribution >= 4 is 11.8 Å². The fourth-order valence-electron chi connectivity index (χ4n) is 4.37. The van der Waals surface area contributed by atoms with Crippen LogP contribution in [-0.4, -0.2) is 79.2 Å². The van der Waals surface area contributed by atoms with Crippen LogP contribution >= 0.6 is 0 Å². The molecule has 9 heteroatoms. The molecule has 3 heterocycles. The molecule has 9 nitrogen and oxygen atoms in total. The van der Waals surface area contributed by atoms with E-state index in [0.29, 0.717) is 56.5 Å². The summed E-state index contributed by atoms with van der Waals surface area (Å²) in [7, 11) is 0. The van der Waals surface area contributed by atoms with Crippen molar-refractivity contribution < 1.29 is 28.2 Å². The van der Waals surface area contributed by atoms with Crippen LogP contribution in [0.25, 0.3) is 0 Å². The third-order valence-electron chi connectivity index (χ3n) is 6.36. The van der Waals surface area contributed by atoms with Gasteiger partial charge in [0.1, 0.15) is 11.5 Å². The normalized spacial score (nSPS) is 15.3. The summed E-state index contributed by atoms with van der Waals surface area (Å²) in [5.74, 6) is 2.97. The zero-order valence-corrected chi connectivity index (χ0v) is 21.5. The predicted octanol–water partition coefficient (Wildman–Crippen LogP) is 3.05. The van der Waals surface area contributed by atoms with Crippen LogP contribution in [0.5, 0.6) is 11.5 Å². The maximum absolute atomic E-state index is 13.6. The topological polar surface area (TPSA) is 84.7 Å².